The van der Waals surface area contributed by atoms with E-state index in [1.54, 1.807) is 49.5 Å². The Morgan fingerprint density at radius 1 is 0.971 bits per heavy atom. The van der Waals surface area contributed by atoms with E-state index in [1.807, 2.05) is 12.1 Å². The quantitative estimate of drug-likeness (QED) is 0.362. The normalized spacial score (nSPS) is 16.6. The number of rotatable bonds is 13. The summed E-state index contributed by atoms with van der Waals surface area (Å²) in [5.41, 5.74) is 1.34. The highest BCUT2D eigenvalue weighted by Crippen LogP contribution is 2.30. The first kappa shape index (κ1) is 26.9. The molecule has 0 radical (unpaired) electrons. The van der Waals surface area contributed by atoms with Gasteiger partial charge in [0.15, 0.2) is 21.3 Å². The lowest BCUT2D eigenvalue weighted by molar-refractivity contribution is 0.0680. The van der Waals surface area contributed by atoms with Gasteiger partial charge in [-0.2, -0.15) is 0 Å². The first-order valence-electron chi connectivity index (χ1n) is 12.3. The summed E-state index contributed by atoms with van der Waals surface area (Å²) in [6.45, 7) is 3.12. The van der Waals surface area contributed by atoms with Crippen molar-refractivity contribution in [1.29, 1.82) is 0 Å². The van der Waals surface area contributed by atoms with Crippen molar-refractivity contribution in [2.45, 2.75) is 58.0 Å². The fraction of sp³-hybridized carbons (Fsp3) is 0.519. The summed E-state index contributed by atoms with van der Waals surface area (Å²) in [6, 6.07) is 12.2. The maximum absolute atomic E-state index is 13.5. The van der Waals surface area contributed by atoms with E-state index in [0.29, 0.717) is 30.1 Å². The Labute approximate surface area is 209 Å². The van der Waals surface area contributed by atoms with Gasteiger partial charge in [0, 0.05) is 18.2 Å². The maximum atomic E-state index is 13.5. The second-order valence-electron chi connectivity index (χ2n) is 8.97. The van der Waals surface area contributed by atoms with Crippen molar-refractivity contribution in [3.8, 4) is 17.2 Å². The molecule has 0 N–H and O–H groups in total. The number of ether oxygens (including phenoxy) is 3. The Hall–Kier alpha value is -2.74. The van der Waals surface area contributed by atoms with Gasteiger partial charge >= 0.3 is 0 Å². The predicted octanol–water partition coefficient (Wildman–Crippen LogP) is 4.88. The zero-order chi connectivity index (χ0) is 25.3. The number of amides is 1. The molecule has 35 heavy (non-hydrogen) atoms. The molecule has 0 aliphatic carbocycles. The van der Waals surface area contributed by atoms with Crippen LogP contribution in [0.5, 0.6) is 17.2 Å². The van der Waals surface area contributed by atoms with Crippen LogP contribution in [0.3, 0.4) is 0 Å². The van der Waals surface area contributed by atoms with Crippen molar-refractivity contribution in [3.63, 3.8) is 0 Å². The molecule has 1 fully saturated rings. The third-order valence-electron chi connectivity index (χ3n) is 6.33. The Balaban J connectivity index is 1.72. The predicted molar refractivity (Wildman–Crippen MR) is 137 cm³/mol. The number of carbonyl (C=O) groups excluding carboxylic acids is 1. The van der Waals surface area contributed by atoms with Gasteiger partial charge in [0.25, 0.3) is 5.91 Å². The van der Waals surface area contributed by atoms with E-state index in [4.69, 9.17) is 14.2 Å². The third-order valence-corrected chi connectivity index (χ3v) is 8.08. The van der Waals surface area contributed by atoms with Crippen LogP contribution in [0.1, 0.15) is 61.4 Å². The van der Waals surface area contributed by atoms with Crippen molar-refractivity contribution in [1.82, 2.24) is 4.90 Å². The van der Waals surface area contributed by atoms with Gasteiger partial charge in [0.2, 0.25) is 0 Å². The van der Waals surface area contributed by atoms with Gasteiger partial charge in [-0.1, -0.05) is 38.7 Å². The topological polar surface area (TPSA) is 82.1 Å². The third kappa shape index (κ3) is 7.62. The second-order valence-corrected chi connectivity index (χ2v) is 11.2. The van der Waals surface area contributed by atoms with Gasteiger partial charge in [-0.25, -0.2) is 8.42 Å². The van der Waals surface area contributed by atoms with Crippen LogP contribution in [0.2, 0.25) is 0 Å². The molecule has 0 bridgehead atoms. The minimum atomic E-state index is -3.16. The van der Waals surface area contributed by atoms with E-state index in [-0.39, 0.29) is 30.0 Å². The molecular weight excluding hydrogens is 466 g/mol. The van der Waals surface area contributed by atoms with Crippen LogP contribution < -0.4 is 14.2 Å². The summed E-state index contributed by atoms with van der Waals surface area (Å²) >= 11 is 0. The molecule has 7 nitrogen and oxygen atoms in total. The first-order valence-corrected chi connectivity index (χ1v) is 14.1. The van der Waals surface area contributed by atoms with E-state index in [2.05, 4.69) is 6.92 Å². The summed E-state index contributed by atoms with van der Waals surface area (Å²) in [6.07, 6.45) is 6.28. The molecule has 192 valence electrons. The standard InChI is InChI=1S/C27H37NO6S/c1-4-5-6-7-8-16-34-24-12-10-22(11-13-24)27(29)28(23-15-17-35(30,31)20-23)19-21-9-14-25(32-2)26(18-21)33-3/h9-14,18,23H,4-8,15-17,19-20H2,1-3H3/t23-/m1/s1. The number of carbonyl (C=O) groups is 1. The monoisotopic (exact) mass is 503 g/mol. The SMILES string of the molecule is CCCCCCCOc1ccc(C(=O)N(Cc2ccc(OC)c(OC)c2)[C@@H]2CCS(=O)(=O)C2)cc1. The molecule has 0 aromatic heterocycles. The number of hydrogen-bond donors (Lipinski definition) is 0. The first-order chi connectivity index (χ1) is 16.9. The zero-order valence-electron chi connectivity index (χ0n) is 21.0. The Morgan fingerprint density at radius 3 is 2.31 bits per heavy atom. The summed E-state index contributed by atoms with van der Waals surface area (Å²) in [7, 11) is -0.0317. The van der Waals surface area contributed by atoms with Crippen molar-refractivity contribution >= 4 is 15.7 Å². The lowest BCUT2D eigenvalue weighted by atomic mass is 10.1. The number of hydrogen-bond acceptors (Lipinski definition) is 6. The van der Waals surface area contributed by atoms with Crippen LogP contribution in [0.4, 0.5) is 0 Å². The zero-order valence-corrected chi connectivity index (χ0v) is 21.8. The maximum Gasteiger partial charge on any atom is 0.254 e. The van der Waals surface area contributed by atoms with Gasteiger partial charge < -0.3 is 19.1 Å². The molecule has 1 heterocycles. The number of methoxy groups -OCH3 is 2. The molecule has 1 amide bonds. The second kappa shape index (κ2) is 12.8. The van der Waals surface area contributed by atoms with Crippen LogP contribution >= 0.6 is 0 Å². The highest BCUT2D eigenvalue weighted by Gasteiger charge is 2.35. The molecule has 2 aromatic carbocycles. The molecule has 1 saturated heterocycles. The summed E-state index contributed by atoms with van der Waals surface area (Å²) < 4.78 is 40.9. The van der Waals surface area contributed by atoms with Gasteiger partial charge in [0.1, 0.15) is 5.75 Å². The number of nitrogens with zero attached hydrogens (tertiary/aromatic N) is 1. The van der Waals surface area contributed by atoms with E-state index in [1.165, 1.54) is 19.3 Å². The summed E-state index contributed by atoms with van der Waals surface area (Å²) in [5.74, 6) is 1.76. The Bertz CT molecular complexity index is 1070. The molecule has 0 unspecified atom stereocenters. The van der Waals surface area contributed by atoms with E-state index in [9.17, 15) is 13.2 Å². The fourth-order valence-corrected chi connectivity index (χ4v) is 6.05. The van der Waals surface area contributed by atoms with Gasteiger partial charge in [-0.15, -0.1) is 0 Å². The number of unbranched alkanes of at least 4 members (excludes halogenated alkanes) is 4. The molecule has 0 saturated carbocycles. The molecule has 2 aromatic rings. The lowest BCUT2D eigenvalue weighted by Gasteiger charge is -2.29. The molecule has 1 atom stereocenters. The highest BCUT2D eigenvalue weighted by molar-refractivity contribution is 7.91. The van der Waals surface area contributed by atoms with Crippen LogP contribution in [0.15, 0.2) is 42.5 Å². The minimum absolute atomic E-state index is 0.0226. The largest absolute Gasteiger partial charge is 0.494 e. The van der Waals surface area contributed by atoms with Crippen molar-refractivity contribution in [2.75, 3.05) is 32.3 Å². The van der Waals surface area contributed by atoms with E-state index >= 15 is 0 Å². The van der Waals surface area contributed by atoms with E-state index in [0.717, 1.165) is 24.2 Å². The summed E-state index contributed by atoms with van der Waals surface area (Å²) in [5, 5.41) is 0. The van der Waals surface area contributed by atoms with Crippen molar-refractivity contribution in [3.05, 3.63) is 53.6 Å². The van der Waals surface area contributed by atoms with Crippen molar-refractivity contribution in [2.24, 2.45) is 0 Å². The fourth-order valence-electron chi connectivity index (χ4n) is 4.32. The Morgan fingerprint density at radius 2 is 1.69 bits per heavy atom. The minimum Gasteiger partial charge on any atom is -0.494 e. The van der Waals surface area contributed by atoms with Crippen LogP contribution in [-0.2, 0) is 16.4 Å². The number of sulfone groups is 1. The van der Waals surface area contributed by atoms with Gasteiger partial charge in [-0.3, -0.25) is 4.79 Å². The smallest absolute Gasteiger partial charge is 0.254 e. The molecular formula is C27H37NO6S. The van der Waals surface area contributed by atoms with Crippen LogP contribution in [0.25, 0.3) is 0 Å². The number of benzene rings is 2. The highest BCUT2D eigenvalue weighted by atomic mass is 32.2. The van der Waals surface area contributed by atoms with Crippen LogP contribution in [-0.4, -0.2) is 57.6 Å². The van der Waals surface area contributed by atoms with Gasteiger partial charge in [-0.05, 0) is 54.8 Å². The van der Waals surface area contributed by atoms with Crippen molar-refractivity contribution < 1.29 is 27.4 Å². The Kier molecular flexibility index (Phi) is 9.83. The molecule has 1 aliphatic heterocycles. The lowest BCUT2D eigenvalue weighted by Crippen LogP contribution is -2.40. The van der Waals surface area contributed by atoms with Gasteiger partial charge in [0.05, 0.1) is 32.3 Å². The molecule has 1 aliphatic rings. The molecule has 0 spiro atoms. The van der Waals surface area contributed by atoms with Crippen LogP contribution in [0, 0.1) is 0 Å². The molecule has 8 heteroatoms. The van der Waals surface area contributed by atoms with E-state index < -0.39 is 9.84 Å². The molecule has 3 rings (SSSR count). The summed E-state index contributed by atoms with van der Waals surface area (Å²) in [4.78, 5) is 15.2. The average molecular weight is 504 g/mol. The average Bonchev–Trinajstić information content (AvgIpc) is 3.23.